The summed E-state index contributed by atoms with van der Waals surface area (Å²) in [6, 6.07) is 10.4. The van der Waals surface area contributed by atoms with Crippen LogP contribution in [0.5, 0.6) is 0 Å². The smallest absolute Gasteiger partial charge is 0.376 e. The van der Waals surface area contributed by atoms with Gasteiger partial charge in [-0.15, -0.1) is 0 Å². The van der Waals surface area contributed by atoms with Gasteiger partial charge in [-0.05, 0) is 73.6 Å². The van der Waals surface area contributed by atoms with Gasteiger partial charge in [-0.1, -0.05) is 12.1 Å². The molecule has 0 bridgehead atoms. The summed E-state index contributed by atoms with van der Waals surface area (Å²) in [5.74, 6) is 0.382. The normalized spacial score (nSPS) is 17.0. The maximum absolute atomic E-state index is 13.0. The zero-order valence-electron chi connectivity index (χ0n) is 15.0. The van der Waals surface area contributed by atoms with Crippen LogP contribution in [-0.2, 0) is 21.9 Å². The lowest BCUT2D eigenvalue weighted by Crippen LogP contribution is -2.39. The van der Waals surface area contributed by atoms with Gasteiger partial charge in [-0.25, -0.2) is 8.42 Å². The van der Waals surface area contributed by atoms with E-state index in [1.54, 1.807) is 6.07 Å². The number of hydrogen-bond acceptors (Lipinski definition) is 4. The molecule has 8 heteroatoms. The maximum Gasteiger partial charge on any atom is 0.421 e. The molecule has 4 nitrogen and oxygen atoms in total. The van der Waals surface area contributed by atoms with Crippen molar-refractivity contribution in [3.63, 3.8) is 0 Å². The van der Waals surface area contributed by atoms with Gasteiger partial charge in [0.2, 0.25) is 9.84 Å². The van der Waals surface area contributed by atoms with Crippen molar-refractivity contribution in [1.82, 2.24) is 0 Å². The minimum Gasteiger partial charge on any atom is -0.376 e. The summed E-state index contributed by atoms with van der Waals surface area (Å²) < 4.78 is 65.0. The summed E-state index contributed by atoms with van der Waals surface area (Å²) in [5.41, 5.74) is -2.64. The van der Waals surface area contributed by atoms with E-state index in [1.807, 2.05) is 6.07 Å². The third-order valence-electron chi connectivity index (χ3n) is 4.96. The summed E-state index contributed by atoms with van der Waals surface area (Å²) in [4.78, 5) is -0.121. The van der Waals surface area contributed by atoms with Crippen LogP contribution < -0.4 is 0 Å². The molecule has 148 valence electrons. The van der Waals surface area contributed by atoms with Gasteiger partial charge in [0, 0.05) is 0 Å². The van der Waals surface area contributed by atoms with Gasteiger partial charge in [-0.3, -0.25) is 0 Å². The molecule has 1 N–H and O–H groups in total. The van der Waals surface area contributed by atoms with E-state index in [2.05, 4.69) is 0 Å². The minimum atomic E-state index is -4.89. The lowest BCUT2D eigenvalue weighted by Gasteiger charge is -2.26. The van der Waals surface area contributed by atoms with Crippen LogP contribution in [0.25, 0.3) is 0 Å². The molecule has 1 aliphatic rings. The van der Waals surface area contributed by atoms with E-state index in [-0.39, 0.29) is 9.79 Å². The number of benzene rings is 2. The monoisotopic (exact) mass is 409 g/mol. The Bertz CT molecular complexity index is 1030. The molecule has 1 saturated carbocycles. The third-order valence-corrected chi connectivity index (χ3v) is 6.83. The van der Waals surface area contributed by atoms with E-state index in [1.165, 1.54) is 12.1 Å². The predicted octanol–water partition coefficient (Wildman–Crippen LogP) is 4.11. The van der Waals surface area contributed by atoms with Crippen molar-refractivity contribution in [3.05, 3.63) is 59.2 Å². The van der Waals surface area contributed by atoms with Gasteiger partial charge in [0.25, 0.3) is 0 Å². The molecule has 0 radical (unpaired) electrons. The Morgan fingerprint density at radius 2 is 1.75 bits per heavy atom. The van der Waals surface area contributed by atoms with Crippen LogP contribution in [0.15, 0.2) is 52.3 Å². The van der Waals surface area contributed by atoms with Crippen LogP contribution in [0.3, 0.4) is 0 Å². The van der Waals surface area contributed by atoms with Crippen LogP contribution in [-0.4, -0.2) is 19.7 Å². The number of aliphatic hydroxyl groups is 1. The van der Waals surface area contributed by atoms with Crippen LogP contribution >= 0.6 is 0 Å². The number of nitrogens with zero attached hydrogens (tertiary/aromatic N) is 1. The van der Waals surface area contributed by atoms with Crippen LogP contribution in [0, 0.1) is 17.2 Å². The van der Waals surface area contributed by atoms with Crippen molar-refractivity contribution in [2.45, 2.75) is 47.8 Å². The SMILES string of the molecule is CC(O)(c1ccc(S(=O)(=O)c2ccc(C#N)cc2CC2CC2)cc1)C(F)(F)F. The molecule has 3 rings (SSSR count). The van der Waals surface area contributed by atoms with Gasteiger partial charge in [0.15, 0.2) is 5.60 Å². The number of nitriles is 1. The first-order chi connectivity index (χ1) is 13.0. The van der Waals surface area contributed by atoms with E-state index in [0.29, 0.717) is 30.4 Å². The zero-order valence-corrected chi connectivity index (χ0v) is 15.8. The van der Waals surface area contributed by atoms with Gasteiger partial charge in [0.1, 0.15) is 0 Å². The minimum absolute atomic E-state index is 0.0498. The first-order valence-electron chi connectivity index (χ1n) is 8.64. The van der Waals surface area contributed by atoms with Crippen molar-refractivity contribution >= 4 is 9.84 Å². The molecule has 0 spiro atoms. The molecule has 0 aliphatic heterocycles. The molecule has 1 fully saturated rings. The van der Waals surface area contributed by atoms with Crippen molar-refractivity contribution in [1.29, 1.82) is 5.26 Å². The van der Waals surface area contributed by atoms with Crippen LogP contribution in [0.2, 0.25) is 0 Å². The van der Waals surface area contributed by atoms with Gasteiger partial charge < -0.3 is 5.11 Å². The fourth-order valence-electron chi connectivity index (χ4n) is 2.95. The van der Waals surface area contributed by atoms with Crippen molar-refractivity contribution < 1.29 is 26.7 Å². The number of sulfone groups is 1. The second-order valence-electron chi connectivity index (χ2n) is 7.18. The molecule has 0 saturated heterocycles. The summed E-state index contributed by atoms with van der Waals surface area (Å²) >= 11 is 0. The lowest BCUT2D eigenvalue weighted by molar-refractivity contribution is -0.258. The van der Waals surface area contributed by atoms with Crippen LogP contribution in [0.4, 0.5) is 13.2 Å². The Morgan fingerprint density at radius 3 is 2.25 bits per heavy atom. The average molecular weight is 409 g/mol. The van der Waals surface area contributed by atoms with Gasteiger partial charge >= 0.3 is 6.18 Å². The summed E-state index contributed by atoms with van der Waals surface area (Å²) in [7, 11) is -3.98. The highest BCUT2D eigenvalue weighted by Gasteiger charge is 2.51. The van der Waals surface area contributed by atoms with Gasteiger partial charge in [0.05, 0.1) is 21.4 Å². The Hall–Kier alpha value is -2.37. The Balaban J connectivity index is 2.01. The second kappa shape index (κ2) is 6.90. The van der Waals surface area contributed by atoms with Crippen LogP contribution in [0.1, 0.15) is 36.5 Å². The Labute approximate surface area is 161 Å². The summed E-state index contributed by atoms with van der Waals surface area (Å²) in [6.45, 7) is 0.616. The summed E-state index contributed by atoms with van der Waals surface area (Å²) in [6.07, 6.45) is -2.36. The predicted molar refractivity (Wildman–Crippen MR) is 95.1 cm³/mol. The number of hydrogen-bond donors (Lipinski definition) is 1. The van der Waals surface area contributed by atoms with E-state index in [0.717, 1.165) is 37.1 Å². The lowest BCUT2D eigenvalue weighted by atomic mass is 9.96. The van der Waals surface area contributed by atoms with Crippen molar-refractivity contribution in [2.24, 2.45) is 5.92 Å². The number of alkyl halides is 3. The quantitative estimate of drug-likeness (QED) is 0.806. The molecule has 0 heterocycles. The molecule has 1 unspecified atom stereocenters. The fourth-order valence-corrected chi connectivity index (χ4v) is 4.44. The first-order valence-corrected chi connectivity index (χ1v) is 10.1. The highest BCUT2D eigenvalue weighted by molar-refractivity contribution is 7.91. The van der Waals surface area contributed by atoms with E-state index >= 15 is 0 Å². The number of halogens is 3. The van der Waals surface area contributed by atoms with Crippen molar-refractivity contribution in [3.8, 4) is 6.07 Å². The topological polar surface area (TPSA) is 78.2 Å². The molecular formula is C20H18F3NO3S. The third kappa shape index (κ3) is 3.77. The molecule has 1 aliphatic carbocycles. The second-order valence-corrected chi connectivity index (χ2v) is 9.10. The molecule has 2 aromatic rings. The molecule has 2 aromatic carbocycles. The Morgan fingerprint density at radius 1 is 1.14 bits per heavy atom. The molecule has 28 heavy (non-hydrogen) atoms. The van der Waals surface area contributed by atoms with E-state index < -0.39 is 27.2 Å². The molecule has 0 aromatic heterocycles. The zero-order chi connectivity index (χ0) is 20.7. The largest absolute Gasteiger partial charge is 0.421 e. The standard InChI is InChI=1S/C20H18F3NO3S/c1-19(25,20(21,22)23)16-5-7-17(8-6-16)28(26,27)18-9-4-14(12-24)11-15(18)10-13-2-3-13/h4-9,11,13,25H,2-3,10H2,1H3. The maximum atomic E-state index is 13.0. The average Bonchev–Trinajstić information content (AvgIpc) is 3.44. The Kier molecular flexibility index (Phi) is 5.02. The molecule has 1 atom stereocenters. The molecular weight excluding hydrogens is 391 g/mol. The van der Waals surface area contributed by atoms with E-state index in [9.17, 15) is 26.7 Å². The summed E-state index contributed by atoms with van der Waals surface area (Å²) in [5, 5.41) is 18.8. The highest BCUT2D eigenvalue weighted by Crippen LogP contribution is 2.39. The fraction of sp³-hybridized carbons (Fsp3) is 0.350. The van der Waals surface area contributed by atoms with Crippen molar-refractivity contribution in [2.75, 3.05) is 0 Å². The van der Waals surface area contributed by atoms with E-state index in [4.69, 9.17) is 5.26 Å². The first kappa shape index (κ1) is 20.4. The number of rotatable bonds is 5. The molecule has 0 amide bonds. The van der Waals surface area contributed by atoms with Gasteiger partial charge in [-0.2, -0.15) is 18.4 Å². The highest BCUT2D eigenvalue weighted by atomic mass is 32.2.